The molecule has 0 aliphatic heterocycles. The van der Waals surface area contributed by atoms with Gasteiger partial charge in [-0.05, 0) is 126 Å². The number of nitriles is 1. The maximum absolute atomic E-state index is 12.5. The molecular formula is C61H73N5O7. The Morgan fingerprint density at radius 2 is 1.14 bits per heavy atom. The number of nitrogens with one attached hydrogen (secondary N) is 1. The van der Waals surface area contributed by atoms with Gasteiger partial charge in [0.25, 0.3) is 11.1 Å². The van der Waals surface area contributed by atoms with Crippen LogP contribution in [0.25, 0.3) is 14.5 Å². The van der Waals surface area contributed by atoms with Crippen LogP contribution in [0.15, 0.2) is 108 Å². The van der Waals surface area contributed by atoms with Crippen molar-refractivity contribution in [3.05, 3.63) is 142 Å². The van der Waals surface area contributed by atoms with Crippen molar-refractivity contribution in [3.63, 3.8) is 0 Å². The smallest absolute Gasteiger partial charge is 0.306 e. The summed E-state index contributed by atoms with van der Waals surface area (Å²) < 4.78 is 0. The first kappa shape index (κ1) is 58.8. The van der Waals surface area contributed by atoms with Crippen LogP contribution in [0, 0.1) is 64.0 Å². The Morgan fingerprint density at radius 3 is 1.63 bits per heavy atom. The second kappa shape index (κ2) is 25.2. The second-order valence-electron chi connectivity index (χ2n) is 21.8. The minimum absolute atomic E-state index is 0.0335. The summed E-state index contributed by atoms with van der Waals surface area (Å²) in [6, 6.07) is 2.22. The number of ketones is 2. The number of carbonyl (C=O) groups is 3. The van der Waals surface area contributed by atoms with Crippen molar-refractivity contribution in [3.8, 4) is 6.07 Å². The van der Waals surface area contributed by atoms with Gasteiger partial charge in [-0.1, -0.05) is 99.8 Å². The molecule has 0 aromatic carbocycles. The number of allylic oxidation sites excluding steroid dienone is 10. The van der Waals surface area contributed by atoms with Crippen LogP contribution in [-0.2, 0) is 33.6 Å². The van der Waals surface area contributed by atoms with Crippen molar-refractivity contribution < 1.29 is 33.6 Å². The van der Waals surface area contributed by atoms with Gasteiger partial charge in [0.05, 0.1) is 23.8 Å². The number of nitrogens with zero attached hydrogens (tertiary/aromatic N) is 4. The molecule has 12 nitrogen and oxygen atoms in total. The lowest BCUT2D eigenvalue weighted by Crippen LogP contribution is -2.47. The maximum Gasteiger partial charge on any atom is 0.373 e. The molecule has 0 spiro atoms. The predicted molar refractivity (Wildman–Crippen MR) is 278 cm³/mol. The molecule has 1 N–H and O–H groups in total. The van der Waals surface area contributed by atoms with E-state index in [9.17, 15) is 19.6 Å². The van der Waals surface area contributed by atoms with Gasteiger partial charge < -0.3 is 9.69 Å². The van der Waals surface area contributed by atoms with Gasteiger partial charge in [0, 0.05) is 48.3 Å². The fourth-order valence-corrected chi connectivity index (χ4v) is 13.6. The molecule has 0 aromatic heterocycles. The summed E-state index contributed by atoms with van der Waals surface area (Å²) in [4.78, 5) is 79.7. The molecule has 9 aliphatic carbocycles. The van der Waals surface area contributed by atoms with E-state index in [1.807, 2.05) is 30.4 Å². The van der Waals surface area contributed by atoms with Crippen LogP contribution >= 0.6 is 0 Å². The summed E-state index contributed by atoms with van der Waals surface area (Å²) in [5, 5.41) is 12.3. The van der Waals surface area contributed by atoms with E-state index in [-0.39, 0.29) is 51.2 Å². The van der Waals surface area contributed by atoms with Crippen LogP contribution in [0.5, 0.6) is 0 Å². The molecule has 12 heteroatoms. The van der Waals surface area contributed by atoms with Crippen LogP contribution < -0.4 is 5.32 Å². The average molecular weight is 988 g/mol. The van der Waals surface area contributed by atoms with Crippen molar-refractivity contribution in [1.82, 2.24) is 5.32 Å². The van der Waals surface area contributed by atoms with Gasteiger partial charge in [-0.15, -0.1) is 6.58 Å². The molecule has 0 radical (unpaired) electrons. The number of Topliss-reactive ketones (excluding diaryl/α,β-unsaturated/α-hetero) is 2. The molecule has 2 bridgehead atoms. The highest BCUT2D eigenvalue weighted by Gasteiger charge is 2.67. The zero-order chi connectivity index (χ0) is 54.0. The first-order chi connectivity index (χ1) is 34.9. The summed E-state index contributed by atoms with van der Waals surface area (Å²) in [7, 11) is 0. The Hall–Kier alpha value is -6.81. The lowest BCUT2D eigenvalue weighted by Gasteiger charge is -2.38. The van der Waals surface area contributed by atoms with Gasteiger partial charge in [-0.25, -0.2) is 19.7 Å². The van der Waals surface area contributed by atoms with E-state index in [1.54, 1.807) is 6.92 Å². The van der Waals surface area contributed by atoms with Gasteiger partial charge in [0.2, 0.25) is 6.41 Å². The van der Waals surface area contributed by atoms with Crippen molar-refractivity contribution in [1.29, 1.82) is 5.26 Å². The van der Waals surface area contributed by atoms with Crippen LogP contribution in [-0.4, -0.2) is 47.0 Å². The number of hydrogen-bond acceptors (Lipinski definition) is 8. The molecular weight excluding hydrogens is 915 g/mol. The predicted octanol–water partition coefficient (Wildman–Crippen LogP) is 12.8. The van der Waals surface area contributed by atoms with E-state index >= 15 is 0 Å². The highest BCUT2D eigenvalue weighted by atomic mass is 16.2. The standard InChI is InChI=1S/C16H21N.C15H15NO2.C14H18N2O.C14H19N.2CO2/c1-4-10-16(17-3)13-8-7-12-15(2)11-6-5-9-14(15)16;1-10(17)15-8-3-2-6-12(15)14(9-16)7-4-5-11(15)13(14)18;1-13-8-4-3-7-12(13)14(15-2,16-11-17)10-6-5-9-13;1-13-9-5-4-8-12(13)14(2,15-3)11-7-6-10-13;2*2-1-3/h4,7-9H,1,5-6,10-13H2,2H3;4-6,11H,2-3,7-8H2,1H3;5-7,11H,3-4,8-10H2,1H3,(H,16,17);6-8H,4-5,9-11H2,1-2H3;;/t;11?,14-,15-;13-,14+;;;/m.01.../s1. The lowest BCUT2D eigenvalue weighted by atomic mass is 9.64. The van der Waals surface area contributed by atoms with Crippen LogP contribution in [0.2, 0.25) is 0 Å². The molecule has 1 amide bonds. The molecule has 0 aromatic rings. The molecule has 5 unspecified atom stereocenters. The van der Waals surface area contributed by atoms with Gasteiger partial charge in [-0.3, -0.25) is 24.5 Å². The highest BCUT2D eigenvalue weighted by Crippen LogP contribution is 2.63. The number of hydrogen-bond donors (Lipinski definition) is 1. The Balaban J connectivity index is 0.000000204. The Bertz CT molecular complexity index is 2520. The zero-order valence-corrected chi connectivity index (χ0v) is 43.7. The van der Waals surface area contributed by atoms with Gasteiger partial charge in [0.15, 0.2) is 5.78 Å². The normalized spacial score (nSPS) is 35.4. The summed E-state index contributed by atoms with van der Waals surface area (Å²) >= 11 is 0. The summed E-state index contributed by atoms with van der Waals surface area (Å²) in [5.74, 6) is -0.429. The first-order valence-corrected chi connectivity index (χ1v) is 25.8. The fraction of sp³-hybridized carbons (Fsp3) is 0.557. The van der Waals surface area contributed by atoms with E-state index in [0.717, 1.165) is 88.2 Å². The third-order valence-corrected chi connectivity index (χ3v) is 17.2. The second-order valence-corrected chi connectivity index (χ2v) is 21.8. The Kier molecular flexibility index (Phi) is 20.3. The molecule has 9 aliphatic rings. The quantitative estimate of drug-likeness (QED) is 0.161. The van der Waals surface area contributed by atoms with Gasteiger partial charge in [0.1, 0.15) is 11.2 Å². The number of amides is 1. The van der Waals surface area contributed by atoms with Crippen molar-refractivity contribution in [2.45, 2.75) is 180 Å². The summed E-state index contributed by atoms with van der Waals surface area (Å²) in [5.41, 5.74) is 1.98. The monoisotopic (exact) mass is 988 g/mol. The third-order valence-electron chi connectivity index (χ3n) is 17.2. The topological polar surface area (TPSA) is 168 Å². The molecule has 1 fully saturated rings. The fourth-order valence-electron chi connectivity index (χ4n) is 13.6. The molecule has 0 heterocycles. The molecule has 9 rings (SSSR count). The third kappa shape index (κ3) is 11.7. The molecule has 384 valence electrons. The van der Waals surface area contributed by atoms with Gasteiger partial charge in [-0.2, -0.15) is 24.4 Å². The highest BCUT2D eigenvalue weighted by molar-refractivity contribution is 6.07. The summed E-state index contributed by atoms with van der Waals surface area (Å²) in [6.07, 6.45) is 48.6. The molecule has 9 atom stereocenters. The molecule has 1 saturated carbocycles. The van der Waals surface area contributed by atoms with Crippen molar-refractivity contribution in [2.24, 2.45) is 33.0 Å². The number of carbonyl (C=O) groups excluding carboxylic acids is 7. The van der Waals surface area contributed by atoms with Crippen molar-refractivity contribution in [2.75, 3.05) is 0 Å². The first-order valence-electron chi connectivity index (χ1n) is 25.8. The van der Waals surface area contributed by atoms with E-state index in [2.05, 4.69) is 109 Å². The van der Waals surface area contributed by atoms with E-state index < -0.39 is 22.4 Å². The molecule has 0 saturated heterocycles. The Labute approximate surface area is 433 Å². The van der Waals surface area contributed by atoms with Crippen LogP contribution in [0.3, 0.4) is 0 Å². The zero-order valence-electron chi connectivity index (χ0n) is 43.7. The molecule has 73 heavy (non-hydrogen) atoms. The summed E-state index contributed by atoms with van der Waals surface area (Å²) in [6.45, 7) is 37.0. The number of fused-ring (bicyclic) bond motifs is 8. The lowest BCUT2D eigenvalue weighted by molar-refractivity contribution is -0.193. The minimum atomic E-state index is -1.05. The van der Waals surface area contributed by atoms with E-state index in [4.69, 9.17) is 38.9 Å². The van der Waals surface area contributed by atoms with Gasteiger partial charge >= 0.3 is 18.0 Å². The van der Waals surface area contributed by atoms with Crippen molar-refractivity contribution >= 4 is 30.3 Å². The van der Waals surface area contributed by atoms with Crippen LogP contribution in [0.4, 0.5) is 0 Å². The van der Waals surface area contributed by atoms with E-state index in [0.29, 0.717) is 25.7 Å². The van der Waals surface area contributed by atoms with Crippen LogP contribution in [0.1, 0.15) is 163 Å². The average Bonchev–Trinajstić information content (AvgIpc) is 3.66. The number of rotatable bonds is 5. The largest absolute Gasteiger partial charge is 0.373 e. The Morgan fingerprint density at radius 1 is 0.671 bits per heavy atom. The SMILES string of the molecule is CC(=O)[C@]12CCCC=C1[C@@]1(C#N)CC=CC2C1=O.O=C=O.O=C=O.[C-]#[N+]C1(C)CC=CCC2(C)CCCC=C21.[C-]#[N+]C1(CC=C)CC=CCC2(C)CCCC=C21.[C-]#[N+][C@]1(NC=O)CC=CC[C@@]2(C)CCCC=C21. The minimum Gasteiger partial charge on any atom is -0.306 e. The maximum atomic E-state index is 12.5. The van der Waals surface area contributed by atoms with E-state index in [1.165, 1.54) is 43.3 Å².